The van der Waals surface area contributed by atoms with Crippen molar-refractivity contribution in [2.45, 2.75) is 25.8 Å². The molecule has 3 aromatic rings. The third-order valence-corrected chi connectivity index (χ3v) is 6.53. The van der Waals surface area contributed by atoms with Gasteiger partial charge in [-0.25, -0.2) is 5.01 Å². The van der Waals surface area contributed by atoms with Crippen LogP contribution in [0.4, 0.5) is 0 Å². The predicted octanol–water partition coefficient (Wildman–Crippen LogP) is 3.25. The Bertz CT molecular complexity index is 1160. The molecule has 176 valence electrons. The van der Waals surface area contributed by atoms with E-state index in [1.54, 1.807) is 12.5 Å². The van der Waals surface area contributed by atoms with Crippen molar-refractivity contribution in [1.82, 2.24) is 14.8 Å². The van der Waals surface area contributed by atoms with Gasteiger partial charge in [-0.2, -0.15) is 5.10 Å². The van der Waals surface area contributed by atoms with Crippen LogP contribution in [0.3, 0.4) is 0 Å². The van der Waals surface area contributed by atoms with Crippen molar-refractivity contribution >= 4 is 17.5 Å². The van der Waals surface area contributed by atoms with E-state index in [4.69, 9.17) is 8.83 Å². The molecule has 34 heavy (non-hydrogen) atoms. The second-order valence-corrected chi connectivity index (χ2v) is 8.76. The molecule has 0 bridgehead atoms. The minimum Gasteiger partial charge on any atom is -0.467 e. The molecule has 0 radical (unpaired) electrons. The van der Waals surface area contributed by atoms with E-state index in [0.29, 0.717) is 50.5 Å². The van der Waals surface area contributed by atoms with Crippen LogP contribution in [0.25, 0.3) is 0 Å². The number of rotatable bonds is 6. The van der Waals surface area contributed by atoms with Crippen LogP contribution in [0.15, 0.2) is 75.0 Å². The van der Waals surface area contributed by atoms with E-state index in [0.717, 1.165) is 16.8 Å². The maximum atomic E-state index is 13.3. The van der Waals surface area contributed by atoms with E-state index < -0.39 is 0 Å². The first kappa shape index (κ1) is 22.2. The number of amides is 2. The van der Waals surface area contributed by atoms with Gasteiger partial charge in [0.2, 0.25) is 5.91 Å². The molecule has 4 heterocycles. The number of carbonyl (C=O) groups is 2. The number of nitrogens with zero attached hydrogens (tertiary/aromatic N) is 4. The van der Waals surface area contributed by atoms with Gasteiger partial charge in [-0.1, -0.05) is 24.3 Å². The summed E-state index contributed by atoms with van der Waals surface area (Å²) in [6, 6.07) is 15.0. The zero-order chi connectivity index (χ0) is 23.5. The molecule has 1 fully saturated rings. The largest absolute Gasteiger partial charge is 0.467 e. The van der Waals surface area contributed by atoms with Gasteiger partial charge in [-0.05, 0) is 42.3 Å². The number of aryl methyl sites for hydroxylation is 1. The first-order chi connectivity index (χ1) is 16.6. The molecule has 2 aliphatic heterocycles. The van der Waals surface area contributed by atoms with Gasteiger partial charge in [-0.3, -0.25) is 14.5 Å². The van der Waals surface area contributed by atoms with Crippen LogP contribution in [0.2, 0.25) is 0 Å². The first-order valence-corrected chi connectivity index (χ1v) is 11.6. The van der Waals surface area contributed by atoms with Gasteiger partial charge in [0.1, 0.15) is 23.3 Å². The Hall–Kier alpha value is -3.65. The van der Waals surface area contributed by atoms with Crippen LogP contribution in [0, 0.1) is 6.92 Å². The molecular weight excluding hydrogens is 432 g/mol. The molecule has 0 spiro atoms. The Labute approximate surface area is 198 Å². The van der Waals surface area contributed by atoms with E-state index in [1.165, 1.54) is 5.01 Å². The van der Waals surface area contributed by atoms with Gasteiger partial charge in [0.25, 0.3) is 5.91 Å². The highest BCUT2D eigenvalue weighted by Crippen LogP contribution is 2.33. The molecule has 0 aliphatic carbocycles. The lowest BCUT2D eigenvalue weighted by Gasteiger charge is -2.35. The van der Waals surface area contributed by atoms with Crippen LogP contribution < -0.4 is 0 Å². The zero-order valence-corrected chi connectivity index (χ0v) is 19.2. The molecule has 0 N–H and O–H groups in total. The van der Waals surface area contributed by atoms with Gasteiger partial charge in [0, 0.05) is 32.6 Å². The van der Waals surface area contributed by atoms with Crippen LogP contribution in [-0.2, 0) is 16.0 Å². The molecule has 1 atom stereocenters. The maximum Gasteiger partial charge on any atom is 0.257 e. The molecular formula is C26H28N4O4. The van der Waals surface area contributed by atoms with E-state index in [2.05, 4.69) is 10.0 Å². The summed E-state index contributed by atoms with van der Waals surface area (Å²) in [6.45, 7) is 4.80. The fraction of sp³-hybridized carbons (Fsp3) is 0.346. The molecule has 1 unspecified atom stereocenters. The predicted molar refractivity (Wildman–Crippen MR) is 126 cm³/mol. The summed E-state index contributed by atoms with van der Waals surface area (Å²) in [6.07, 6.45) is 4.16. The van der Waals surface area contributed by atoms with Gasteiger partial charge in [-0.15, -0.1) is 0 Å². The number of carbonyl (C=O) groups excluding carboxylic acids is 2. The Balaban J connectivity index is 1.19. The summed E-state index contributed by atoms with van der Waals surface area (Å²) < 4.78 is 11.1. The number of piperazine rings is 1. The van der Waals surface area contributed by atoms with Crippen LogP contribution >= 0.6 is 0 Å². The molecule has 5 rings (SSSR count). The molecule has 1 aromatic carbocycles. The average molecular weight is 461 g/mol. The Morgan fingerprint density at radius 1 is 0.941 bits per heavy atom. The highest BCUT2D eigenvalue weighted by Gasteiger charge is 2.36. The number of hydrogen-bond acceptors (Lipinski definition) is 6. The monoisotopic (exact) mass is 460 g/mol. The second kappa shape index (κ2) is 9.69. The Morgan fingerprint density at radius 3 is 2.41 bits per heavy atom. The van der Waals surface area contributed by atoms with E-state index in [-0.39, 0.29) is 24.4 Å². The van der Waals surface area contributed by atoms with Crippen molar-refractivity contribution in [3.63, 3.8) is 0 Å². The second-order valence-electron chi connectivity index (χ2n) is 8.76. The van der Waals surface area contributed by atoms with Crippen molar-refractivity contribution in [3.8, 4) is 0 Å². The average Bonchev–Trinajstić information content (AvgIpc) is 3.62. The third-order valence-electron chi connectivity index (χ3n) is 6.53. The smallest absolute Gasteiger partial charge is 0.257 e. The van der Waals surface area contributed by atoms with Crippen LogP contribution in [0.5, 0.6) is 0 Å². The fourth-order valence-corrected chi connectivity index (χ4v) is 4.54. The van der Waals surface area contributed by atoms with E-state index in [9.17, 15) is 9.59 Å². The summed E-state index contributed by atoms with van der Waals surface area (Å²) in [5, 5.41) is 6.11. The fourth-order valence-electron chi connectivity index (χ4n) is 4.54. The lowest BCUT2D eigenvalue weighted by molar-refractivity contribution is -0.136. The van der Waals surface area contributed by atoms with Crippen LogP contribution in [-0.4, -0.2) is 65.1 Å². The number of furan rings is 2. The normalized spacial score (nSPS) is 18.9. The highest BCUT2D eigenvalue weighted by atomic mass is 16.3. The Kier molecular flexibility index (Phi) is 6.31. The number of hydrogen-bond donors (Lipinski definition) is 0. The lowest BCUT2D eigenvalue weighted by Crippen LogP contribution is -2.51. The summed E-state index contributed by atoms with van der Waals surface area (Å²) in [5.74, 6) is 1.39. The van der Waals surface area contributed by atoms with E-state index >= 15 is 0 Å². The molecule has 2 aromatic heterocycles. The van der Waals surface area contributed by atoms with Crippen molar-refractivity contribution in [2.75, 3.05) is 32.7 Å². The van der Waals surface area contributed by atoms with Crippen molar-refractivity contribution < 1.29 is 18.4 Å². The van der Waals surface area contributed by atoms with Gasteiger partial charge in [0.05, 0.1) is 25.5 Å². The molecule has 8 nitrogen and oxygen atoms in total. The topological polar surface area (TPSA) is 82.5 Å². The zero-order valence-electron chi connectivity index (χ0n) is 19.2. The summed E-state index contributed by atoms with van der Waals surface area (Å²) in [7, 11) is 0. The lowest BCUT2D eigenvalue weighted by atomic mass is 10.1. The standard InChI is InChI=1S/C26H28N4O4/c1-19-6-2-3-7-20(19)16-25(31)29-12-10-28(11-13-29)18-26(32)30-22(24-9-5-15-34-24)17-21(27-30)23-8-4-14-33-23/h2-9,14-15,22H,10-13,16-18H2,1H3. The van der Waals surface area contributed by atoms with Crippen LogP contribution in [0.1, 0.15) is 35.1 Å². The minimum absolute atomic E-state index is 0.0948. The third kappa shape index (κ3) is 4.68. The number of hydrazone groups is 1. The quantitative estimate of drug-likeness (QED) is 0.564. The summed E-state index contributed by atoms with van der Waals surface area (Å²) in [4.78, 5) is 30.0. The minimum atomic E-state index is -0.292. The first-order valence-electron chi connectivity index (χ1n) is 11.6. The van der Waals surface area contributed by atoms with Gasteiger partial charge >= 0.3 is 0 Å². The summed E-state index contributed by atoms with van der Waals surface area (Å²) >= 11 is 0. The molecule has 1 saturated heterocycles. The molecule has 2 amide bonds. The van der Waals surface area contributed by atoms with Crippen molar-refractivity contribution in [3.05, 3.63) is 83.7 Å². The highest BCUT2D eigenvalue weighted by molar-refractivity contribution is 6.01. The molecule has 0 saturated carbocycles. The molecule has 8 heteroatoms. The maximum absolute atomic E-state index is 13.3. The van der Waals surface area contributed by atoms with Gasteiger partial charge in [0.15, 0.2) is 0 Å². The summed E-state index contributed by atoms with van der Waals surface area (Å²) in [5.41, 5.74) is 2.92. The SMILES string of the molecule is Cc1ccccc1CC(=O)N1CCN(CC(=O)N2N=C(c3ccco3)CC2c2ccco2)CC1. The van der Waals surface area contributed by atoms with Crippen molar-refractivity contribution in [2.24, 2.45) is 5.10 Å². The van der Waals surface area contributed by atoms with Crippen molar-refractivity contribution in [1.29, 1.82) is 0 Å². The Morgan fingerprint density at radius 2 is 1.71 bits per heavy atom. The van der Waals surface area contributed by atoms with Gasteiger partial charge < -0.3 is 13.7 Å². The number of benzene rings is 1. The molecule has 2 aliphatic rings. The van der Waals surface area contributed by atoms with E-state index in [1.807, 2.05) is 60.4 Å².